The number of sulfone groups is 1. The highest BCUT2D eigenvalue weighted by molar-refractivity contribution is 7.91. The van der Waals surface area contributed by atoms with Gasteiger partial charge in [-0.1, -0.05) is 0 Å². The molecule has 0 aromatic heterocycles. The Balaban J connectivity index is 1.27. The molecule has 0 unspecified atom stereocenters. The van der Waals surface area contributed by atoms with Gasteiger partial charge < -0.3 is 20.1 Å². The van der Waals surface area contributed by atoms with Crippen molar-refractivity contribution in [3.63, 3.8) is 0 Å². The Hall–Kier alpha value is -2.91. The average molecular weight is 533 g/mol. The minimum atomic E-state index is -3.77. The molecule has 0 bridgehead atoms. The Kier molecular flexibility index (Phi) is 9.57. The number of amides is 2. The van der Waals surface area contributed by atoms with Crippen molar-refractivity contribution in [2.75, 3.05) is 76.3 Å². The van der Waals surface area contributed by atoms with Crippen LogP contribution in [-0.2, 0) is 28.9 Å². The molecule has 0 aliphatic carbocycles. The maximum absolute atomic E-state index is 13.0. The van der Waals surface area contributed by atoms with E-state index in [4.69, 9.17) is 9.47 Å². The van der Waals surface area contributed by atoms with Gasteiger partial charge in [0.2, 0.25) is 21.7 Å². The predicted molar refractivity (Wildman–Crippen MR) is 136 cm³/mol. The molecule has 2 aromatic carbocycles. The highest BCUT2D eigenvalue weighted by atomic mass is 32.2. The fourth-order valence-electron chi connectivity index (χ4n) is 3.79. The molecule has 2 aromatic rings. The molecule has 12 nitrogen and oxygen atoms in total. The standard InChI is InChI=1S/C24H32N6O6S/c31-23(17-25-29-9-13-35-14-10-29)27-19-1-5-21(6-2-19)37(33,34)22-7-3-20(4-8-22)28-24(32)18-26-30-11-15-36-16-12-30/h1-8,25-26H,9-18H2,(H,27,31)(H,28,32). The first-order valence-corrected chi connectivity index (χ1v) is 13.6. The van der Waals surface area contributed by atoms with Crippen LogP contribution in [0.4, 0.5) is 11.4 Å². The van der Waals surface area contributed by atoms with Crippen LogP contribution >= 0.6 is 0 Å². The number of ether oxygens (including phenoxy) is 2. The lowest BCUT2D eigenvalue weighted by atomic mass is 10.3. The average Bonchev–Trinajstić information content (AvgIpc) is 2.92. The Morgan fingerprint density at radius 1 is 0.649 bits per heavy atom. The maximum Gasteiger partial charge on any atom is 0.239 e. The summed E-state index contributed by atoms with van der Waals surface area (Å²) in [5.41, 5.74) is 7.09. The zero-order valence-electron chi connectivity index (χ0n) is 20.4. The Labute approximate surface area is 216 Å². The Morgan fingerprint density at radius 3 is 1.35 bits per heavy atom. The van der Waals surface area contributed by atoms with E-state index in [1.807, 2.05) is 10.0 Å². The van der Waals surface area contributed by atoms with Crippen LogP contribution in [0.25, 0.3) is 0 Å². The fraction of sp³-hybridized carbons (Fsp3) is 0.417. The highest BCUT2D eigenvalue weighted by Gasteiger charge is 2.18. The van der Waals surface area contributed by atoms with Crippen LogP contribution < -0.4 is 21.5 Å². The van der Waals surface area contributed by atoms with Crippen molar-refractivity contribution in [1.82, 2.24) is 20.9 Å². The second kappa shape index (κ2) is 13.1. The van der Waals surface area contributed by atoms with Crippen LogP contribution in [0.3, 0.4) is 0 Å². The number of morpholine rings is 2. The van der Waals surface area contributed by atoms with Crippen LogP contribution in [0.2, 0.25) is 0 Å². The Morgan fingerprint density at radius 2 is 1.00 bits per heavy atom. The van der Waals surface area contributed by atoms with Crippen LogP contribution in [0.1, 0.15) is 0 Å². The summed E-state index contributed by atoms with van der Waals surface area (Å²) >= 11 is 0. The second-order valence-electron chi connectivity index (χ2n) is 8.52. The Bertz CT molecular complexity index is 1060. The van der Waals surface area contributed by atoms with Crippen molar-refractivity contribution in [3.8, 4) is 0 Å². The van der Waals surface area contributed by atoms with Crippen molar-refractivity contribution in [1.29, 1.82) is 0 Å². The van der Waals surface area contributed by atoms with Crippen molar-refractivity contribution in [2.24, 2.45) is 0 Å². The van der Waals surface area contributed by atoms with E-state index in [1.165, 1.54) is 24.3 Å². The maximum atomic E-state index is 13.0. The first-order chi connectivity index (χ1) is 17.9. The molecule has 200 valence electrons. The molecule has 4 rings (SSSR count). The molecule has 37 heavy (non-hydrogen) atoms. The largest absolute Gasteiger partial charge is 0.379 e. The highest BCUT2D eigenvalue weighted by Crippen LogP contribution is 2.23. The van der Waals surface area contributed by atoms with Crippen LogP contribution in [0, 0.1) is 0 Å². The van der Waals surface area contributed by atoms with Crippen molar-refractivity contribution < 1.29 is 27.5 Å². The molecule has 4 N–H and O–H groups in total. The third kappa shape index (κ3) is 8.04. The second-order valence-corrected chi connectivity index (χ2v) is 10.5. The molecule has 0 spiro atoms. The topological polar surface area (TPSA) is 141 Å². The summed E-state index contributed by atoms with van der Waals surface area (Å²) in [6, 6.07) is 12.0. The lowest BCUT2D eigenvalue weighted by molar-refractivity contribution is -0.117. The first-order valence-electron chi connectivity index (χ1n) is 12.1. The number of nitrogens with one attached hydrogen (secondary N) is 4. The summed E-state index contributed by atoms with van der Waals surface area (Å²) in [5, 5.41) is 9.35. The number of carbonyl (C=O) groups excluding carboxylic acids is 2. The first kappa shape index (κ1) is 27.1. The number of hydrogen-bond donors (Lipinski definition) is 4. The molecule has 0 saturated carbocycles. The number of nitrogens with zero attached hydrogens (tertiary/aromatic N) is 2. The van der Waals surface area contributed by atoms with Crippen LogP contribution in [0.5, 0.6) is 0 Å². The third-order valence-corrected chi connectivity index (χ3v) is 7.63. The van der Waals surface area contributed by atoms with Crippen molar-refractivity contribution in [3.05, 3.63) is 48.5 Å². The van der Waals surface area contributed by atoms with Gasteiger partial charge in [-0.2, -0.15) is 0 Å². The molecular formula is C24H32N6O6S. The number of carbonyl (C=O) groups is 2. The van der Waals surface area contributed by atoms with Crippen molar-refractivity contribution in [2.45, 2.75) is 9.79 Å². The van der Waals surface area contributed by atoms with E-state index in [0.29, 0.717) is 64.0 Å². The molecule has 2 heterocycles. The summed E-state index contributed by atoms with van der Waals surface area (Å²) in [6.45, 7) is 5.52. The zero-order valence-corrected chi connectivity index (χ0v) is 21.3. The minimum absolute atomic E-state index is 0.100. The van der Waals surface area contributed by atoms with Gasteiger partial charge in [-0.25, -0.2) is 29.3 Å². The van der Waals surface area contributed by atoms with Gasteiger partial charge in [-0.3, -0.25) is 9.59 Å². The van der Waals surface area contributed by atoms with Gasteiger partial charge in [-0.15, -0.1) is 0 Å². The van der Waals surface area contributed by atoms with Crippen molar-refractivity contribution >= 4 is 33.0 Å². The SMILES string of the molecule is O=C(CNN1CCOCC1)Nc1ccc(S(=O)(=O)c2ccc(NC(=O)CNN3CCOCC3)cc2)cc1. The lowest BCUT2D eigenvalue weighted by Crippen LogP contribution is -2.48. The normalized spacial score (nSPS) is 17.3. The molecule has 2 aliphatic heterocycles. The van der Waals surface area contributed by atoms with Crippen LogP contribution in [-0.4, -0.2) is 95.9 Å². The molecule has 0 atom stereocenters. The zero-order chi connectivity index (χ0) is 26.1. The number of rotatable bonds is 10. The van der Waals surface area contributed by atoms with Gasteiger partial charge in [0.1, 0.15) is 0 Å². The number of hydrazine groups is 2. The van der Waals surface area contributed by atoms with E-state index in [9.17, 15) is 18.0 Å². The van der Waals surface area contributed by atoms with Crippen LogP contribution in [0.15, 0.2) is 58.3 Å². The summed E-state index contributed by atoms with van der Waals surface area (Å²) in [6.07, 6.45) is 0. The summed E-state index contributed by atoms with van der Waals surface area (Å²) in [4.78, 5) is 24.6. The van der Waals surface area contributed by atoms with Gasteiger partial charge in [0, 0.05) is 37.6 Å². The summed E-state index contributed by atoms with van der Waals surface area (Å²) in [5.74, 6) is -0.472. The van der Waals surface area contributed by atoms with E-state index in [-0.39, 0.29) is 34.7 Å². The van der Waals surface area contributed by atoms with E-state index in [1.54, 1.807) is 24.3 Å². The summed E-state index contributed by atoms with van der Waals surface area (Å²) < 4.78 is 36.6. The lowest BCUT2D eigenvalue weighted by Gasteiger charge is -2.26. The summed E-state index contributed by atoms with van der Waals surface area (Å²) in [7, 11) is -3.77. The quantitative estimate of drug-likeness (QED) is 0.332. The van der Waals surface area contributed by atoms with Gasteiger partial charge in [0.15, 0.2) is 0 Å². The monoisotopic (exact) mass is 532 g/mol. The van der Waals surface area contributed by atoms with E-state index in [2.05, 4.69) is 21.5 Å². The third-order valence-electron chi connectivity index (χ3n) is 5.85. The van der Waals surface area contributed by atoms with E-state index in [0.717, 1.165) is 0 Å². The number of hydrogen-bond acceptors (Lipinski definition) is 10. The van der Waals surface area contributed by atoms with Gasteiger partial charge in [0.25, 0.3) is 0 Å². The fourth-order valence-corrected chi connectivity index (χ4v) is 5.05. The molecule has 13 heteroatoms. The van der Waals surface area contributed by atoms with Gasteiger partial charge in [-0.05, 0) is 48.5 Å². The van der Waals surface area contributed by atoms with E-state index >= 15 is 0 Å². The molecule has 2 fully saturated rings. The number of anilines is 2. The van der Waals surface area contributed by atoms with Gasteiger partial charge >= 0.3 is 0 Å². The molecule has 2 amide bonds. The molecular weight excluding hydrogens is 500 g/mol. The molecule has 2 aliphatic rings. The predicted octanol–water partition coefficient (Wildman–Crippen LogP) is 0.0700. The molecule has 0 radical (unpaired) electrons. The van der Waals surface area contributed by atoms with Gasteiger partial charge in [0.05, 0.1) is 49.3 Å². The van der Waals surface area contributed by atoms with E-state index < -0.39 is 9.84 Å². The minimum Gasteiger partial charge on any atom is -0.379 e. The smallest absolute Gasteiger partial charge is 0.239 e. The number of benzene rings is 2. The molecule has 2 saturated heterocycles.